The molecule has 0 radical (unpaired) electrons. The van der Waals surface area contributed by atoms with Crippen LogP contribution in [-0.2, 0) is 19.1 Å². The van der Waals surface area contributed by atoms with Gasteiger partial charge in [0.05, 0.1) is 0 Å². The van der Waals surface area contributed by atoms with E-state index >= 15 is 0 Å². The molecule has 0 aliphatic rings. The minimum atomic E-state index is -1.93. The zero-order valence-electron chi connectivity index (χ0n) is 40.0. The minimum Gasteiger partial charge on any atom is -0.447 e. The van der Waals surface area contributed by atoms with Crippen molar-refractivity contribution in [3.8, 4) is 333 Å². The third-order valence-electron chi connectivity index (χ3n) is 6.93. The van der Waals surface area contributed by atoms with Gasteiger partial charge in [-0.3, -0.25) is 0 Å². The zero-order chi connectivity index (χ0) is 55.1. The molecule has 5 nitrogen and oxygen atoms in total. The van der Waals surface area contributed by atoms with Crippen LogP contribution in [0.5, 0.6) is 0 Å². The highest BCUT2D eigenvalue weighted by Crippen LogP contribution is 2.37. The molecule has 0 heterocycles. The fraction of sp³-hybridized carbons (Fsp3) is 0.114. The maximum atomic E-state index is 12.5. The van der Waals surface area contributed by atoms with Crippen molar-refractivity contribution in [1.82, 2.24) is 0 Å². The van der Waals surface area contributed by atoms with Crippen LogP contribution in [0.3, 0.4) is 0 Å². The van der Waals surface area contributed by atoms with Gasteiger partial charge in [-0.1, -0.05) is 23.7 Å². The lowest BCUT2D eigenvalue weighted by atomic mass is 9.75. The number of hydrogen-bond acceptors (Lipinski definition) is 5. The van der Waals surface area contributed by atoms with Gasteiger partial charge in [0.25, 0.3) is 0 Å². The van der Waals surface area contributed by atoms with Gasteiger partial charge >= 0.3 is 11.9 Å². The molecule has 0 rings (SSSR count). The third-order valence-corrected chi connectivity index (χ3v) is 6.93. The predicted molar refractivity (Wildman–Crippen MR) is 289 cm³/mol. The number of aliphatic hydroxyl groups is 1. The smallest absolute Gasteiger partial charge is 0.385 e. The quantitative estimate of drug-likeness (QED) is 0.265. The molecule has 0 aromatic heterocycles. The summed E-state index contributed by atoms with van der Waals surface area (Å²) in [6.07, 6.45) is 15.5. The first kappa shape index (κ1) is 61.1. The summed E-state index contributed by atoms with van der Waals surface area (Å²) in [5, 5.41) is 11.4. The van der Waals surface area contributed by atoms with Gasteiger partial charge < -0.3 is 14.6 Å². The van der Waals surface area contributed by atoms with E-state index in [1.165, 1.54) is 58.9 Å². The number of carbonyl (C=O) groups excluding carboxylic acids is 2. The van der Waals surface area contributed by atoms with E-state index < -0.39 is 28.7 Å². The average molecular weight is 943 g/mol. The van der Waals surface area contributed by atoms with Crippen LogP contribution in [0.15, 0.2) is 24.3 Å². The van der Waals surface area contributed by atoms with Crippen LogP contribution in [0, 0.1) is 333 Å². The Hall–Kier alpha value is -13.9. The van der Waals surface area contributed by atoms with E-state index in [0.29, 0.717) is 0 Å². The predicted octanol–water partition coefficient (Wildman–Crippen LogP) is 1.85. The van der Waals surface area contributed by atoms with Crippen molar-refractivity contribution in [3.05, 3.63) is 24.3 Å². The number of allylic oxidation sites excluding steroid dienone is 4. The maximum absolute atomic E-state index is 12.5. The largest absolute Gasteiger partial charge is 0.447 e. The second-order valence-electron chi connectivity index (χ2n) is 12.4. The van der Waals surface area contributed by atoms with Crippen LogP contribution in [0.1, 0.15) is 34.6 Å². The monoisotopic (exact) mass is 942 g/mol. The first-order valence-electron chi connectivity index (χ1n) is 19.8. The Morgan fingerprint density at radius 3 is 0.640 bits per heavy atom. The Morgan fingerprint density at radius 1 is 0.293 bits per heavy atom. The van der Waals surface area contributed by atoms with Gasteiger partial charge in [0, 0.05) is 82.9 Å². The Labute approximate surface area is 442 Å². The summed E-state index contributed by atoms with van der Waals surface area (Å²) in [7, 11) is 0. The summed E-state index contributed by atoms with van der Waals surface area (Å²) in [5.41, 5.74) is -5.14. The molecule has 0 spiro atoms. The minimum absolute atomic E-state index is 0.989. The number of hydrogen-bond donors (Lipinski definition) is 1. The molecular weight excluding hydrogens is 921 g/mol. The Kier molecular flexibility index (Phi) is 34.7. The summed E-state index contributed by atoms with van der Waals surface area (Å²) in [6.45, 7) is 7.04. The lowest BCUT2D eigenvalue weighted by Crippen LogP contribution is -2.64. The fourth-order valence-corrected chi connectivity index (χ4v) is 3.34. The van der Waals surface area contributed by atoms with Crippen molar-refractivity contribution in [3.63, 3.8) is 0 Å². The molecule has 5 heteroatoms. The van der Waals surface area contributed by atoms with Crippen LogP contribution in [0.2, 0.25) is 0 Å². The highest BCUT2D eigenvalue weighted by Gasteiger charge is 2.55. The van der Waals surface area contributed by atoms with Crippen molar-refractivity contribution >= 4 is 11.9 Å². The van der Waals surface area contributed by atoms with E-state index in [1.54, 1.807) is 0 Å². The van der Waals surface area contributed by atoms with Gasteiger partial charge in [0.15, 0.2) is 0 Å². The third kappa shape index (κ3) is 36.9. The highest BCUT2D eigenvalue weighted by molar-refractivity contribution is 5.90. The van der Waals surface area contributed by atoms with Crippen LogP contribution in [-0.4, -0.2) is 33.8 Å². The molecule has 0 aliphatic heterocycles. The molecule has 0 aromatic carbocycles. The fourth-order valence-electron chi connectivity index (χ4n) is 3.34. The summed E-state index contributed by atoms with van der Waals surface area (Å²) in [6, 6.07) is 0. The van der Waals surface area contributed by atoms with Crippen molar-refractivity contribution in [2.75, 3.05) is 0 Å². The first-order valence-corrected chi connectivity index (χ1v) is 19.8. The van der Waals surface area contributed by atoms with Gasteiger partial charge in [-0.05, 0) is 272 Å². The number of esters is 2. The summed E-state index contributed by atoms with van der Waals surface area (Å²) in [5.74, 6) is 131. The van der Waals surface area contributed by atoms with E-state index in [4.69, 9.17) is 22.3 Å². The normalized spacial score (nSPS) is 6.67. The number of terminal acetylenes is 2. The zero-order valence-corrected chi connectivity index (χ0v) is 40.0. The van der Waals surface area contributed by atoms with Crippen molar-refractivity contribution in [2.24, 2.45) is 0 Å². The number of carbonyl (C=O) groups is 2. The van der Waals surface area contributed by atoms with E-state index in [0.717, 1.165) is 0 Å². The van der Waals surface area contributed by atoms with Crippen LogP contribution >= 0.6 is 0 Å². The van der Waals surface area contributed by atoms with Gasteiger partial charge in [-0.15, -0.1) is 12.8 Å². The van der Waals surface area contributed by atoms with Gasteiger partial charge in [0.1, 0.15) is 16.8 Å². The second-order valence-corrected chi connectivity index (χ2v) is 12.4. The van der Waals surface area contributed by atoms with E-state index in [9.17, 15) is 14.7 Å². The Balaban J connectivity index is 5.00. The maximum Gasteiger partial charge on any atom is 0.385 e. The summed E-state index contributed by atoms with van der Waals surface area (Å²) < 4.78 is 10.8. The van der Waals surface area contributed by atoms with E-state index in [1.807, 2.05) is 0 Å². The molecule has 1 N–H and O–H groups in total. The van der Waals surface area contributed by atoms with E-state index in [2.05, 4.69) is 320 Å². The standard InChI is InChI=1S/C70H22O5/c1-8-10-12-14-16-18-20-22-24-26-28-30-32-34-36-38-40-42-44-46-48-50-52-54-56-58-60-62-64-66(71)74-68(3,4)70(7,73)69(5,6)75-67(72)65-63-61-59-57-55-53-51-49-47-45-43-41-39-37-35-33-31-29-27-25-23-21-19-17-15-13-11-9-2/h1-2,54-57,73H,3-7H3/b56-54+,57-55+. The van der Waals surface area contributed by atoms with Crippen molar-refractivity contribution < 1.29 is 24.2 Å². The SMILES string of the molecule is C#CC#CC#CC#CC#CC#CC#CC#CC#CC#CC#CC#C/C=C/C#CC#CC(=O)OC(C)(C)C(C)(O)C(C)(C)OC(=O)C#CC#C/C=C/C#CC#CC#CC#CC#CC#CC#CC#CC#CC#CC#CC#C. The summed E-state index contributed by atoms with van der Waals surface area (Å²) >= 11 is 0. The molecule has 0 fully saturated rings. The highest BCUT2D eigenvalue weighted by atomic mass is 16.6. The summed E-state index contributed by atoms with van der Waals surface area (Å²) in [4.78, 5) is 24.9. The van der Waals surface area contributed by atoms with Gasteiger partial charge in [-0.25, -0.2) is 9.59 Å². The van der Waals surface area contributed by atoms with Crippen molar-refractivity contribution in [2.45, 2.75) is 51.4 Å². The van der Waals surface area contributed by atoms with Crippen LogP contribution in [0.4, 0.5) is 0 Å². The molecular formula is C70H22O5. The molecule has 0 atom stereocenters. The number of ether oxygens (including phenoxy) is 2. The Morgan fingerprint density at radius 2 is 0.453 bits per heavy atom. The van der Waals surface area contributed by atoms with Crippen LogP contribution < -0.4 is 0 Å². The molecule has 0 saturated heterocycles. The molecule has 0 aromatic rings. The van der Waals surface area contributed by atoms with Crippen LogP contribution in [0.25, 0.3) is 0 Å². The second kappa shape index (κ2) is 42.7. The molecule has 332 valence electrons. The van der Waals surface area contributed by atoms with Gasteiger partial charge in [-0.2, -0.15) is 0 Å². The molecule has 75 heavy (non-hydrogen) atoms. The molecule has 0 saturated carbocycles. The van der Waals surface area contributed by atoms with Gasteiger partial charge in [0.2, 0.25) is 0 Å². The van der Waals surface area contributed by atoms with E-state index in [-0.39, 0.29) is 0 Å². The Bertz CT molecular complexity index is 4030. The average Bonchev–Trinajstić information content (AvgIpc) is 3.37. The molecule has 0 amide bonds. The molecule has 0 bridgehead atoms. The lowest BCUT2D eigenvalue weighted by Gasteiger charge is -2.47. The molecule has 0 unspecified atom stereocenters. The van der Waals surface area contributed by atoms with Crippen molar-refractivity contribution in [1.29, 1.82) is 0 Å². The number of rotatable bonds is 4. The topological polar surface area (TPSA) is 72.8 Å². The first-order chi connectivity index (χ1) is 36.4. The molecule has 0 aliphatic carbocycles. The lowest BCUT2D eigenvalue weighted by molar-refractivity contribution is -0.234.